The van der Waals surface area contributed by atoms with Crippen LogP contribution < -0.4 is 13.6 Å². The van der Waals surface area contributed by atoms with Crippen molar-refractivity contribution in [3.63, 3.8) is 0 Å². The summed E-state index contributed by atoms with van der Waals surface area (Å²) in [5.41, 5.74) is 2.33. The quantitative estimate of drug-likeness (QED) is 0.235. The van der Waals surface area contributed by atoms with Crippen LogP contribution in [0.1, 0.15) is 28.2 Å². The van der Waals surface area contributed by atoms with E-state index in [2.05, 4.69) is 0 Å². The summed E-state index contributed by atoms with van der Waals surface area (Å²) in [6, 6.07) is 14.9. The fourth-order valence-electron chi connectivity index (χ4n) is 3.53. The molecular weight excluding hydrogens is 536 g/mol. The molecule has 0 radical (unpaired) electrons. The molecule has 0 fully saturated rings. The second kappa shape index (κ2) is 8.83. The van der Waals surface area contributed by atoms with Gasteiger partial charge in [0.2, 0.25) is 3.79 Å². The zero-order chi connectivity index (χ0) is 23.3. The highest BCUT2D eigenvalue weighted by Gasteiger charge is 2.45. The molecule has 1 heterocycles. The average molecular weight is 553 g/mol. The van der Waals surface area contributed by atoms with Gasteiger partial charge in [0.05, 0.1) is 5.92 Å². The summed E-state index contributed by atoms with van der Waals surface area (Å²) in [4.78, 5) is 0. The van der Waals surface area contributed by atoms with Crippen molar-refractivity contribution >= 4 is 65.8 Å². The Morgan fingerprint density at radius 3 is 1.75 bits per heavy atom. The number of para-hydroxylation sites is 1. The largest absolute Gasteiger partial charge is 0.647 e. The highest BCUT2D eigenvalue weighted by molar-refractivity contribution is 7.49. The van der Waals surface area contributed by atoms with E-state index in [1.165, 1.54) is 12.1 Å². The Morgan fingerprint density at radius 1 is 0.844 bits per heavy atom. The molecule has 0 aromatic heterocycles. The first-order chi connectivity index (χ1) is 15.0. The van der Waals surface area contributed by atoms with E-state index in [1.807, 2.05) is 32.0 Å². The molecule has 4 nitrogen and oxygen atoms in total. The first-order valence-electron chi connectivity index (χ1n) is 9.37. The van der Waals surface area contributed by atoms with Gasteiger partial charge in [-0.1, -0.05) is 76.2 Å². The molecule has 1 aliphatic heterocycles. The van der Waals surface area contributed by atoms with Gasteiger partial charge in [-0.25, -0.2) is 0 Å². The molecule has 0 saturated carbocycles. The van der Waals surface area contributed by atoms with Crippen molar-refractivity contribution in [3.05, 3.63) is 86.9 Å². The third-order valence-corrected chi connectivity index (χ3v) is 7.30. The minimum absolute atomic E-state index is 0.144. The number of hydrogen-bond donors (Lipinski definition) is 0. The van der Waals surface area contributed by atoms with E-state index in [1.54, 1.807) is 24.3 Å². The topological polar surface area (TPSA) is 44.8 Å². The van der Waals surface area contributed by atoms with Gasteiger partial charge in [-0.3, -0.25) is 0 Å². The van der Waals surface area contributed by atoms with Gasteiger partial charge in [-0.2, -0.15) is 4.57 Å². The molecular formula is C22H16Cl5O4P. The molecule has 0 aliphatic carbocycles. The van der Waals surface area contributed by atoms with Gasteiger partial charge < -0.3 is 13.6 Å². The van der Waals surface area contributed by atoms with E-state index in [4.69, 9.17) is 71.6 Å². The minimum atomic E-state index is -4.25. The van der Waals surface area contributed by atoms with Crippen LogP contribution in [0.4, 0.5) is 0 Å². The Balaban J connectivity index is 1.95. The maximum atomic E-state index is 13.9. The molecule has 1 aliphatic rings. The van der Waals surface area contributed by atoms with E-state index in [9.17, 15) is 4.57 Å². The molecule has 4 rings (SSSR count). The Labute approximate surface area is 210 Å². The van der Waals surface area contributed by atoms with Crippen molar-refractivity contribution in [1.82, 2.24) is 0 Å². The fourth-order valence-corrected chi connectivity index (χ4v) is 6.03. The normalized spacial score (nSPS) is 20.2. The number of benzene rings is 3. The van der Waals surface area contributed by atoms with Crippen LogP contribution in [0, 0.1) is 13.8 Å². The summed E-state index contributed by atoms with van der Waals surface area (Å²) < 4.78 is 29.6. The highest BCUT2D eigenvalue weighted by Crippen LogP contribution is 2.59. The van der Waals surface area contributed by atoms with Crippen molar-refractivity contribution in [2.75, 3.05) is 0 Å². The molecule has 0 bridgehead atoms. The second-order valence-corrected chi connectivity index (χ2v) is 12.0. The zero-order valence-electron chi connectivity index (χ0n) is 16.7. The molecule has 0 unspecified atom stereocenters. The Bertz CT molecular complexity index is 1160. The molecule has 168 valence electrons. The number of phosphoric acid groups is 1. The van der Waals surface area contributed by atoms with Gasteiger partial charge in [0.1, 0.15) is 17.2 Å². The Morgan fingerprint density at radius 2 is 1.31 bits per heavy atom. The molecule has 3 aromatic rings. The lowest BCUT2D eigenvalue weighted by atomic mass is 9.91. The molecule has 3 aromatic carbocycles. The van der Waals surface area contributed by atoms with Crippen LogP contribution in [0.25, 0.3) is 0 Å². The monoisotopic (exact) mass is 550 g/mol. The van der Waals surface area contributed by atoms with Crippen LogP contribution in [-0.4, -0.2) is 3.79 Å². The first kappa shape index (κ1) is 23.9. The Hall–Kier alpha value is -1.26. The highest BCUT2D eigenvalue weighted by atomic mass is 35.6. The van der Waals surface area contributed by atoms with Gasteiger partial charge >= 0.3 is 7.82 Å². The number of rotatable bonds is 2. The number of fused-ring (bicyclic) bond motifs is 2. The van der Waals surface area contributed by atoms with E-state index in [0.29, 0.717) is 26.9 Å². The van der Waals surface area contributed by atoms with Crippen LogP contribution in [-0.2, 0) is 4.57 Å². The summed E-state index contributed by atoms with van der Waals surface area (Å²) in [5, 5.41) is 0.754. The molecule has 0 N–H and O–H groups in total. The van der Waals surface area contributed by atoms with Crippen molar-refractivity contribution in [2.45, 2.75) is 23.6 Å². The van der Waals surface area contributed by atoms with E-state index in [0.717, 1.165) is 11.1 Å². The zero-order valence-corrected chi connectivity index (χ0v) is 21.4. The van der Waals surface area contributed by atoms with E-state index < -0.39 is 17.5 Å². The summed E-state index contributed by atoms with van der Waals surface area (Å²) >= 11 is 31.6. The third-order valence-electron chi connectivity index (χ3n) is 4.93. The number of phosphoric ester groups is 1. The number of halogens is 5. The summed E-state index contributed by atoms with van der Waals surface area (Å²) in [5.74, 6) is -0.207. The van der Waals surface area contributed by atoms with Gasteiger partial charge in [-0.15, -0.1) is 0 Å². The lowest BCUT2D eigenvalue weighted by Crippen LogP contribution is -2.23. The van der Waals surface area contributed by atoms with E-state index >= 15 is 0 Å². The maximum Gasteiger partial charge on any atom is 0.647 e. The Kier molecular flexibility index (Phi) is 6.59. The predicted octanol–water partition coefficient (Wildman–Crippen LogP) is 9.07. The van der Waals surface area contributed by atoms with Crippen LogP contribution in [0.5, 0.6) is 17.2 Å². The van der Waals surface area contributed by atoms with Crippen molar-refractivity contribution in [3.8, 4) is 17.2 Å². The maximum absolute atomic E-state index is 13.9. The SMILES string of the molecule is Cc1cccc(C)c1OP1(=O)Oc2ccc(Cl)cc2C(C(Cl)(Cl)Cl)c2cc(Cl)ccc2O1. The summed E-state index contributed by atoms with van der Waals surface area (Å²) in [6.07, 6.45) is 0. The van der Waals surface area contributed by atoms with Crippen molar-refractivity contribution in [1.29, 1.82) is 0 Å². The standard InChI is InChI=1S/C22H16Cl5O4P/c1-12-4-3-5-13(2)21(12)31-32(28)29-18-8-6-14(23)10-16(18)20(22(25,26)27)17-11-15(24)7-9-19(17)30-32/h3-11,20H,1-2H3. The van der Waals surface area contributed by atoms with Crippen molar-refractivity contribution in [2.24, 2.45) is 0 Å². The van der Waals surface area contributed by atoms with Crippen LogP contribution >= 0.6 is 65.8 Å². The summed E-state index contributed by atoms with van der Waals surface area (Å²) in [7, 11) is -4.25. The second-order valence-electron chi connectivity index (χ2n) is 7.28. The average Bonchev–Trinajstić information content (AvgIpc) is 2.67. The lowest BCUT2D eigenvalue weighted by Gasteiger charge is -2.32. The smallest absolute Gasteiger partial charge is 0.386 e. The fraction of sp³-hybridized carbons (Fsp3) is 0.182. The van der Waals surface area contributed by atoms with E-state index in [-0.39, 0.29) is 11.5 Å². The number of aryl methyl sites for hydroxylation is 2. The first-order valence-corrected chi connectivity index (χ1v) is 12.7. The lowest BCUT2D eigenvalue weighted by molar-refractivity contribution is 0.291. The molecule has 32 heavy (non-hydrogen) atoms. The molecule has 0 saturated heterocycles. The summed E-state index contributed by atoms with van der Waals surface area (Å²) in [6.45, 7) is 3.66. The number of hydrogen-bond acceptors (Lipinski definition) is 4. The van der Waals surface area contributed by atoms with Crippen LogP contribution in [0.15, 0.2) is 54.6 Å². The van der Waals surface area contributed by atoms with Crippen LogP contribution in [0.2, 0.25) is 10.0 Å². The van der Waals surface area contributed by atoms with Gasteiger partial charge in [0.25, 0.3) is 0 Å². The third kappa shape index (κ3) is 4.82. The molecule has 10 heteroatoms. The number of alkyl halides is 3. The van der Waals surface area contributed by atoms with Gasteiger partial charge in [0, 0.05) is 21.2 Å². The predicted molar refractivity (Wildman–Crippen MR) is 130 cm³/mol. The molecule has 0 atom stereocenters. The minimum Gasteiger partial charge on any atom is -0.386 e. The van der Waals surface area contributed by atoms with Crippen molar-refractivity contribution < 1.29 is 18.1 Å². The molecule has 0 spiro atoms. The molecule has 0 amide bonds. The van der Waals surface area contributed by atoms with Gasteiger partial charge in [-0.05, 0) is 61.4 Å². The van der Waals surface area contributed by atoms with Gasteiger partial charge in [0.15, 0.2) is 0 Å². The van der Waals surface area contributed by atoms with Crippen LogP contribution in [0.3, 0.4) is 0 Å².